The highest BCUT2D eigenvalue weighted by atomic mass is 16.6. The molecule has 2 atom stereocenters. The first-order valence-corrected chi connectivity index (χ1v) is 7.74. The Morgan fingerprint density at radius 1 is 1.45 bits per heavy atom. The molecular weight excluding hydrogens is 282 g/mol. The third kappa shape index (κ3) is 4.66. The topological polar surface area (TPSA) is 64.5 Å². The molecule has 0 N–H and O–H groups in total. The number of aromatic nitrogens is 2. The number of ether oxygens (including phenoxy) is 2. The van der Waals surface area contributed by atoms with Gasteiger partial charge in [-0.15, -0.1) is 0 Å². The predicted octanol–water partition coefficient (Wildman–Crippen LogP) is 2.95. The largest absolute Gasteiger partial charge is 0.444 e. The molecule has 2 rings (SSSR count). The lowest BCUT2D eigenvalue weighted by Crippen LogP contribution is -2.41. The van der Waals surface area contributed by atoms with Crippen molar-refractivity contribution in [2.75, 3.05) is 13.2 Å². The molecule has 0 radical (unpaired) electrons. The summed E-state index contributed by atoms with van der Waals surface area (Å²) in [5.74, 6) is 0. The van der Waals surface area contributed by atoms with Crippen LogP contribution in [-0.4, -0.2) is 45.8 Å². The summed E-state index contributed by atoms with van der Waals surface area (Å²) in [4.78, 5) is 22.3. The van der Waals surface area contributed by atoms with Gasteiger partial charge >= 0.3 is 6.09 Å². The molecule has 22 heavy (non-hydrogen) atoms. The lowest BCUT2D eigenvalue weighted by Gasteiger charge is -2.29. The summed E-state index contributed by atoms with van der Waals surface area (Å²) >= 11 is 0. The van der Waals surface area contributed by atoms with Gasteiger partial charge in [0.25, 0.3) is 0 Å². The van der Waals surface area contributed by atoms with E-state index < -0.39 is 5.60 Å². The zero-order valence-corrected chi connectivity index (χ0v) is 13.8. The van der Waals surface area contributed by atoms with Crippen molar-refractivity contribution in [3.63, 3.8) is 0 Å². The number of carbonyl (C=O) groups is 1. The minimum atomic E-state index is -0.474. The second-order valence-electron chi connectivity index (χ2n) is 6.58. The maximum absolute atomic E-state index is 12.2. The Morgan fingerprint density at radius 2 is 2.23 bits per heavy atom. The summed E-state index contributed by atoms with van der Waals surface area (Å²) < 4.78 is 11.3. The van der Waals surface area contributed by atoms with E-state index in [0.717, 1.165) is 25.1 Å². The Bertz CT molecular complexity index is 487. The second-order valence-corrected chi connectivity index (χ2v) is 6.58. The molecule has 122 valence electrons. The molecule has 1 aromatic heterocycles. The third-order valence-corrected chi connectivity index (χ3v) is 3.54. The second kappa shape index (κ2) is 7.05. The van der Waals surface area contributed by atoms with E-state index in [0.29, 0.717) is 6.61 Å². The molecule has 0 saturated carbocycles. The Balaban J connectivity index is 1.87. The van der Waals surface area contributed by atoms with Gasteiger partial charge in [-0.3, -0.25) is 9.97 Å². The van der Waals surface area contributed by atoms with Crippen LogP contribution in [-0.2, 0) is 9.47 Å². The van der Waals surface area contributed by atoms with Crippen molar-refractivity contribution in [3.8, 4) is 0 Å². The van der Waals surface area contributed by atoms with Crippen molar-refractivity contribution in [2.45, 2.75) is 58.3 Å². The number of likely N-dealkylation sites (tertiary alicyclic amines) is 1. The van der Waals surface area contributed by atoms with Crippen molar-refractivity contribution in [2.24, 2.45) is 0 Å². The smallest absolute Gasteiger partial charge is 0.410 e. The van der Waals surface area contributed by atoms with Gasteiger partial charge in [-0.2, -0.15) is 0 Å². The van der Waals surface area contributed by atoms with Gasteiger partial charge in [-0.05, 0) is 40.5 Å². The fourth-order valence-corrected chi connectivity index (χ4v) is 2.43. The van der Waals surface area contributed by atoms with E-state index in [9.17, 15) is 4.79 Å². The van der Waals surface area contributed by atoms with E-state index in [1.54, 1.807) is 23.5 Å². The van der Waals surface area contributed by atoms with Gasteiger partial charge in [0.2, 0.25) is 0 Å². The van der Waals surface area contributed by atoms with Crippen LogP contribution in [0, 0.1) is 0 Å². The van der Waals surface area contributed by atoms with Crippen LogP contribution in [0.5, 0.6) is 0 Å². The van der Waals surface area contributed by atoms with Gasteiger partial charge in [0.1, 0.15) is 5.60 Å². The van der Waals surface area contributed by atoms with E-state index >= 15 is 0 Å². The van der Waals surface area contributed by atoms with Crippen LogP contribution in [0.4, 0.5) is 4.79 Å². The molecule has 1 aliphatic rings. The number of carbonyl (C=O) groups excluding carboxylic acids is 1. The van der Waals surface area contributed by atoms with Crippen molar-refractivity contribution in [1.82, 2.24) is 14.9 Å². The average Bonchev–Trinajstić information content (AvgIpc) is 2.92. The number of hydrogen-bond donors (Lipinski definition) is 0. The van der Waals surface area contributed by atoms with Crippen LogP contribution in [0.2, 0.25) is 0 Å². The molecule has 0 aromatic carbocycles. The van der Waals surface area contributed by atoms with Gasteiger partial charge in [-0.25, -0.2) is 4.79 Å². The van der Waals surface area contributed by atoms with Crippen molar-refractivity contribution >= 4 is 6.09 Å². The zero-order chi connectivity index (χ0) is 16.2. The summed E-state index contributed by atoms with van der Waals surface area (Å²) in [6, 6.07) is 0.0639. The molecule has 6 nitrogen and oxygen atoms in total. The summed E-state index contributed by atoms with van der Waals surface area (Å²) in [6.45, 7) is 8.78. The van der Waals surface area contributed by atoms with Crippen molar-refractivity contribution in [1.29, 1.82) is 0 Å². The van der Waals surface area contributed by atoms with E-state index in [2.05, 4.69) is 9.97 Å². The number of amides is 1. The fraction of sp³-hybridized carbons (Fsp3) is 0.688. The van der Waals surface area contributed by atoms with Gasteiger partial charge < -0.3 is 14.4 Å². The van der Waals surface area contributed by atoms with Crippen molar-refractivity contribution in [3.05, 3.63) is 24.3 Å². The standard InChI is InChI=1S/C16H25N3O3/c1-12(14-10-17-7-8-18-14)21-11-13-6-5-9-19(13)15(20)22-16(2,3)4/h7-8,10,12-13H,5-6,9,11H2,1-4H3. The van der Waals surface area contributed by atoms with Gasteiger partial charge in [-0.1, -0.05) is 0 Å². The summed E-state index contributed by atoms with van der Waals surface area (Å²) in [5.41, 5.74) is 0.321. The number of rotatable bonds is 4. The monoisotopic (exact) mass is 307 g/mol. The van der Waals surface area contributed by atoms with Crippen LogP contribution >= 0.6 is 0 Å². The molecule has 2 unspecified atom stereocenters. The first kappa shape index (κ1) is 16.7. The van der Waals surface area contributed by atoms with Crippen LogP contribution in [0.25, 0.3) is 0 Å². The first-order chi connectivity index (χ1) is 10.4. The SMILES string of the molecule is CC(OCC1CCCN1C(=O)OC(C)(C)C)c1cnccn1. The fourth-order valence-electron chi connectivity index (χ4n) is 2.43. The first-order valence-electron chi connectivity index (χ1n) is 7.74. The Morgan fingerprint density at radius 3 is 2.86 bits per heavy atom. The third-order valence-electron chi connectivity index (χ3n) is 3.54. The van der Waals surface area contributed by atoms with Gasteiger partial charge in [0.15, 0.2) is 0 Å². The quantitative estimate of drug-likeness (QED) is 0.855. The highest BCUT2D eigenvalue weighted by Gasteiger charge is 2.32. The lowest BCUT2D eigenvalue weighted by molar-refractivity contribution is -0.00257. The van der Waals surface area contributed by atoms with Crippen LogP contribution < -0.4 is 0 Å². The summed E-state index contributed by atoms with van der Waals surface area (Å²) in [5, 5.41) is 0. The molecule has 0 bridgehead atoms. The molecule has 1 fully saturated rings. The molecule has 1 aliphatic heterocycles. The maximum atomic E-state index is 12.2. The van der Waals surface area contributed by atoms with Crippen LogP contribution in [0.3, 0.4) is 0 Å². The normalized spacial score (nSPS) is 20.0. The molecular formula is C16H25N3O3. The molecule has 0 aliphatic carbocycles. The number of hydrogen-bond acceptors (Lipinski definition) is 5. The van der Waals surface area contributed by atoms with E-state index in [1.807, 2.05) is 27.7 Å². The Kier molecular flexibility index (Phi) is 5.34. The summed E-state index contributed by atoms with van der Waals surface area (Å²) in [7, 11) is 0. The van der Waals surface area contributed by atoms with Gasteiger partial charge in [0.05, 0.1) is 30.6 Å². The molecule has 0 spiro atoms. The van der Waals surface area contributed by atoms with Crippen molar-refractivity contribution < 1.29 is 14.3 Å². The summed E-state index contributed by atoms with van der Waals surface area (Å²) in [6.07, 6.45) is 6.50. The van der Waals surface area contributed by atoms with E-state index in [-0.39, 0.29) is 18.2 Å². The maximum Gasteiger partial charge on any atom is 0.410 e. The van der Waals surface area contributed by atoms with Gasteiger partial charge in [0, 0.05) is 18.9 Å². The minimum absolute atomic E-state index is 0.0639. The highest BCUT2D eigenvalue weighted by Crippen LogP contribution is 2.23. The highest BCUT2D eigenvalue weighted by molar-refractivity contribution is 5.68. The van der Waals surface area contributed by atoms with Crippen LogP contribution in [0.15, 0.2) is 18.6 Å². The minimum Gasteiger partial charge on any atom is -0.444 e. The number of nitrogens with zero attached hydrogens (tertiary/aromatic N) is 3. The molecule has 1 amide bonds. The van der Waals surface area contributed by atoms with Crippen LogP contribution in [0.1, 0.15) is 52.3 Å². The predicted molar refractivity (Wildman–Crippen MR) is 82.4 cm³/mol. The Labute approximate surface area is 131 Å². The Hall–Kier alpha value is -1.69. The average molecular weight is 307 g/mol. The zero-order valence-electron chi connectivity index (χ0n) is 13.8. The van der Waals surface area contributed by atoms with E-state index in [4.69, 9.17) is 9.47 Å². The molecule has 6 heteroatoms. The molecule has 1 aromatic rings. The molecule has 1 saturated heterocycles. The van der Waals surface area contributed by atoms with E-state index in [1.165, 1.54) is 0 Å². The lowest BCUT2D eigenvalue weighted by atomic mass is 10.2. The molecule has 2 heterocycles.